The lowest BCUT2D eigenvalue weighted by Crippen LogP contribution is -2.25. The maximum absolute atomic E-state index is 12.4. The molecule has 2 N–H and O–H groups in total. The molecule has 4 aromatic rings. The number of hydrogen-bond donors (Lipinski definition) is 2. The molecular formula is C28H24N6O2. The van der Waals surface area contributed by atoms with Crippen molar-refractivity contribution in [2.24, 2.45) is 10.2 Å². The molecule has 36 heavy (non-hydrogen) atoms. The molecule has 8 nitrogen and oxygen atoms in total. The molecule has 2 heterocycles. The van der Waals surface area contributed by atoms with E-state index in [9.17, 15) is 9.59 Å². The first-order valence-electron chi connectivity index (χ1n) is 11.4. The lowest BCUT2D eigenvalue weighted by atomic mass is 10.1. The number of carbonyl (C=O) groups excluding carboxylic acids is 2. The van der Waals surface area contributed by atoms with Crippen LogP contribution in [0.2, 0.25) is 0 Å². The number of rotatable bonds is 9. The molecule has 0 unspecified atom stereocenters. The lowest BCUT2D eigenvalue weighted by Gasteiger charge is -2.08. The fraction of sp³-hybridized carbons (Fsp3) is 0.0714. The highest BCUT2D eigenvalue weighted by Gasteiger charge is 2.12. The maximum atomic E-state index is 12.4. The fourth-order valence-electron chi connectivity index (χ4n) is 3.31. The molecule has 8 heteroatoms. The van der Waals surface area contributed by atoms with E-state index < -0.39 is 11.8 Å². The number of carbonyl (C=O) groups is 2. The van der Waals surface area contributed by atoms with Gasteiger partial charge in [0.05, 0.1) is 11.4 Å². The van der Waals surface area contributed by atoms with Crippen LogP contribution in [0.4, 0.5) is 0 Å². The SMILES string of the molecule is O=C(CCC(=O)N/N=C(/c1ccccc1)c1ccccn1)N/N=C(/c1ccccc1)c1ccccn1. The summed E-state index contributed by atoms with van der Waals surface area (Å²) in [6.07, 6.45) is 3.21. The Morgan fingerprint density at radius 1 is 0.556 bits per heavy atom. The molecule has 2 amide bonds. The van der Waals surface area contributed by atoms with Gasteiger partial charge in [-0.05, 0) is 24.3 Å². The van der Waals surface area contributed by atoms with Crippen molar-refractivity contribution in [2.45, 2.75) is 12.8 Å². The van der Waals surface area contributed by atoms with Crippen LogP contribution < -0.4 is 10.9 Å². The Labute approximate surface area is 208 Å². The summed E-state index contributed by atoms with van der Waals surface area (Å²) in [5, 5.41) is 8.57. The smallest absolute Gasteiger partial charge is 0.240 e. The number of benzene rings is 2. The molecule has 0 aliphatic carbocycles. The molecule has 2 aromatic carbocycles. The molecule has 0 fully saturated rings. The van der Waals surface area contributed by atoms with Crippen molar-refractivity contribution in [1.82, 2.24) is 20.8 Å². The van der Waals surface area contributed by atoms with Gasteiger partial charge in [0.2, 0.25) is 11.8 Å². The van der Waals surface area contributed by atoms with Crippen molar-refractivity contribution >= 4 is 23.2 Å². The number of nitrogens with one attached hydrogen (secondary N) is 2. The number of hydrazone groups is 2. The Bertz CT molecular complexity index is 1150. The summed E-state index contributed by atoms with van der Waals surface area (Å²) in [5.74, 6) is -0.794. The van der Waals surface area contributed by atoms with E-state index in [0.29, 0.717) is 22.8 Å². The van der Waals surface area contributed by atoms with Gasteiger partial charge >= 0.3 is 0 Å². The summed E-state index contributed by atoms with van der Waals surface area (Å²) in [5.41, 5.74) is 9.00. The first kappa shape index (κ1) is 24.2. The molecule has 4 rings (SSSR count). The van der Waals surface area contributed by atoms with Crippen LogP contribution in [0.3, 0.4) is 0 Å². The molecule has 0 radical (unpaired) electrons. The number of pyridine rings is 2. The first-order valence-corrected chi connectivity index (χ1v) is 11.4. The third-order valence-corrected chi connectivity index (χ3v) is 5.07. The number of nitrogens with zero attached hydrogens (tertiary/aromatic N) is 4. The largest absolute Gasteiger partial charge is 0.273 e. The summed E-state index contributed by atoms with van der Waals surface area (Å²) in [4.78, 5) is 33.5. The molecule has 0 saturated heterocycles. The predicted octanol–water partition coefficient (Wildman–Crippen LogP) is 3.69. The summed E-state index contributed by atoms with van der Waals surface area (Å²) in [7, 11) is 0. The van der Waals surface area contributed by atoms with Gasteiger partial charge in [0, 0.05) is 36.4 Å². The summed E-state index contributed by atoms with van der Waals surface area (Å²) in [6, 6.07) is 29.8. The second-order valence-electron chi connectivity index (χ2n) is 7.65. The van der Waals surface area contributed by atoms with Gasteiger partial charge in [0.15, 0.2) is 0 Å². The molecular weight excluding hydrogens is 452 g/mol. The van der Waals surface area contributed by atoms with Gasteiger partial charge < -0.3 is 0 Å². The van der Waals surface area contributed by atoms with Crippen molar-refractivity contribution < 1.29 is 9.59 Å². The zero-order chi connectivity index (χ0) is 25.0. The van der Waals surface area contributed by atoms with E-state index in [1.807, 2.05) is 97.1 Å². The highest BCUT2D eigenvalue weighted by atomic mass is 16.2. The third kappa shape index (κ3) is 6.77. The van der Waals surface area contributed by atoms with Crippen LogP contribution in [0.5, 0.6) is 0 Å². The van der Waals surface area contributed by atoms with Gasteiger partial charge in [-0.25, -0.2) is 10.9 Å². The van der Waals surface area contributed by atoms with Crippen LogP contribution >= 0.6 is 0 Å². The quantitative estimate of drug-likeness (QED) is 0.284. The predicted molar refractivity (Wildman–Crippen MR) is 138 cm³/mol. The average Bonchev–Trinajstić information content (AvgIpc) is 2.94. The van der Waals surface area contributed by atoms with Gasteiger partial charge in [-0.15, -0.1) is 0 Å². The Balaban J connectivity index is 1.39. The van der Waals surface area contributed by atoms with Crippen LogP contribution in [0.1, 0.15) is 35.4 Å². The zero-order valence-electron chi connectivity index (χ0n) is 19.4. The number of hydrogen-bond acceptors (Lipinski definition) is 6. The van der Waals surface area contributed by atoms with Crippen molar-refractivity contribution in [3.63, 3.8) is 0 Å². The van der Waals surface area contributed by atoms with E-state index in [0.717, 1.165) is 11.1 Å². The minimum absolute atomic E-state index is 0.0562. The van der Waals surface area contributed by atoms with Crippen LogP contribution in [-0.2, 0) is 9.59 Å². The second kappa shape index (κ2) is 12.5. The van der Waals surface area contributed by atoms with Crippen LogP contribution in [-0.4, -0.2) is 33.2 Å². The minimum Gasteiger partial charge on any atom is -0.273 e. The van der Waals surface area contributed by atoms with E-state index in [2.05, 4.69) is 31.0 Å². The summed E-state index contributed by atoms with van der Waals surface area (Å²) in [6.45, 7) is 0. The van der Waals surface area contributed by atoms with Gasteiger partial charge in [-0.3, -0.25) is 19.6 Å². The van der Waals surface area contributed by atoms with E-state index in [1.54, 1.807) is 12.4 Å². The van der Waals surface area contributed by atoms with Gasteiger partial charge in [0.25, 0.3) is 0 Å². The van der Waals surface area contributed by atoms with E-state index in [-0.39, 0.29) is 12.8 Å². The summed E-state index contributed by atoms with van der Waals surface area (Å²) >= 11 is 0. The molecule has 0 spiro atoms. The van der Waals surface area contributed by atoms with E-state index >= 15 is 0 Å². The molecule has 178 valence electrons. The Kier molecular flexibility index (Phi) is 8.37. The topological polar surface area (TPSA) is 109 Å². The summed E-state index contributed by atoms with van der Waals surface area (Å²) < 4.78 is 0. The van der Waals surface area contributed by atoms with Gasteiger partial charge in [-0.2, -0.15) is 10.2 Å². The first-order chi connectivity index (χ1) is 17.7. The van der Waals surface area contributed by atoms with Crippen molar-refractivity contribution in [2.75, 3.05) is 0 Å². The van der Waals surface area contributed by atoms with E-state index in [4.69, 9.17) is 0 Å². The van der Waals surface area contributed by atoms with Gasteiger partial charge in [-0.1, -0.05) is 72.8 Å². The number of aromatic nitrogens is 2. The molecule has 0 saturated carbocycles. The Morgan fingerprint density at radius 3 is 1.31 bits per heavy atom. The van der Waals surface area contributed by atoms with Crippen molar-refractivity contribution in [3.8, 4) is 0 Å². The molecule has 0 aliphatic heterocycles. The lowest BCUT2D eigenvalue weighted by molar-refractivity contribution is -0.126. The molecule has 0 aliphatic rings. The molecule has 0 atom stereocenters. The third-order valence-electron chi connectivity index (χ3n) is 5.07. The Morgan fingerprint density at radius 2 is 0.944 bits per heavy atom. The highest BCUT2D eigenvalue weighted by Crippen LogP contribution is 2.09. The second-order valence-corrected chi connectivity index (χ2v) is 7.65. The average molecular weight is 477 g/mol. The molecule has 0 bridgehead atoms. The fourth-order valence-corrected chi connectivity index (χ4v) is 3.31. The maximum Gasteiger partial charge on any atom is 0.240 e. The van der Waals surface area contributed by atoms with Crippen LogP contribution in [0.15, 0.2) is 120 Å². The van der Waals surface area contributed by atoms with E-state index in [1.165, 1.54) is 0 Å². The Hall–Kier alpha value is -4.98. The normalized spacial score (nSPS) is 11.6. The zero-order valence-corrected chi connectivity index (χ0v) is 19.4. The van der Waals surface area contributed by atoms with Crippen molar-refractivity contribution in [1.29, 1.82) is 0 Å². The standard InChI is InChI=1S/C28H24N6O2/c35-25(31-33-27(21-11-3-1-4-12-21)23-15-7-9-19-29-23)17-18-26(36)32-34-28(22-13-5-2-6-14-22)24-16-8-10-20-30-24/h1-16,19-20H,17-18H2,(H,31,35)(H,32,36)/b33-27-,34-28-. The van der Waals surface area contributed by atoms with Gasteiger partial charge in [0.1, 0.15) is 11.4 Å². The van der Waals surface area contributed by atoms with Crippen LogP contribution in [0, 0.1) is 0 Å². The van der Waals surface area contributed by atoms with Crippen LogP contribution in [0.25, 0.3) is 0 Å². The monoisotopic (exact) mass is 476 g/mol. The molecule has 2 aromatic heterocycles. The minimum atomic E-state index is -0.397. The highest BCUT2D eigenvalue weighted by molar-refractivity contribution is 6.12. The van der Waals surface area contributed by atoms with Crippen molar-refractivity contribution in [3.05, 3.63) is 132 Å². The number of amides is 2.